The molecule has 1 amide bonds. The van der Waals surface area contributed by atoms with Crippen molar-refractivity contribution in [1.29, 1.82) is 0 Å². The number of amides is 1. The van der Waals surface area contributed by atoms with Crippen LogP contribution in [-0.4, -0.2) is 36.7 Å². The number of anilines is 1. The number of aromatic nitrogens is 1. The van der Waals surface area contributed by atoms with E-state index >= 15 is 0 Å². The van der Waals surface area contributed by atoms with E-state index in [1.807, 2.05) is 31.2 Å². The van der Waals surface area contributed by atoms with Gasteiger partial charge in [0.05, 0.1) is 17.8 Å². The van der Waals surface area contributed by atoms with Crippen molar-refractivity contribution in [3.05, 3.63) is 36.0 Å². The Hall–Kier alpha value is -1.40. The molecule has 0 bridgehead atoms. The summed E-state index contributed by atoms with van der Waals surface area (Å²) in [7, 11) is 0. The molecule has 120 valence electrons. The van der Waals surface area contributed by atoms with Crippen LogP contribution in [0.3, 0.4) is 0 Å². The van der Waals surface area contributed by atoms with Gasteiger partial charge in [-0.25, -0.2) is 0 Å². The number of benzene rings is 1. The lowest BCUT2D eigenvalue weighted by molar-refractivity contribution is -0.128. The maximum Gasteiger partial charge on any atom is 0.254 e. The standard InChI is InChI=1S/C15H17N3O2.2ClH/c1-10-4-5-12(11-3-2-6-17-14(10)11)18-15(19)13-9-16-7-8-20-13;;/h2-6,13,16H,7-9H2,1H3,(H,18,19);2*1H/t13-;;/m1../s1. The average Bonchev–Trinajstić information content (AvgIpc) is 2.51. The zero-order valence-corrected chi connectivity index (χ0v) is 13.8. The summed E-state index contributed by atoms with van der Waals surface area (Å²) >= 11 is 0. The van der Waals surface area contributed by atoms with E-state index in [2.05, 4.69) is 15.6 Å². The van der Waals surface area contributed by atoms with Crippen LogP contribution >= 0.6 is 24.8 Å². The van der Waals surface area contributed by atoms with E-state index in [9.17, 15) is 4.79 Å². The number of nitrogens with one attached hydrogen (secondary N) is 2. The molecule has 22 heavy (non-hydrogen) atoms. The number of ether oxygens (including phenoxy) is 1. The molecule has 3 rings (SSSR count). The van der Waals surface area contributed by atoms with Crippen LogP contribution in [0.2, 0.25) is 0 Å². The lowest BCUT2D eigenvalue weighted by Crippen LogP contribution is -2.45. The van der Waals surface area contributed by atoms with Crippen LogP contribution < -0.4 is 10.6 Å². The number of carbonyl (C=O) groups excluding carboxylic acids is 1. The molecule has 0 saturated carbocycles. The number of nitrogens with zero attached hydrogens (tertiary/aromatic N) is 1. The van der Waals surface area contributed by atoms with Crippen molar-refractivity contribution in [2.24, 2.45) is 0 Å². The third-order valence-electron chi connectivity index (χ3n) is 3.45. The minimum atomic E-state index is -0.434. The second-order valence-corrected chi connectivity index (χ2v) is 4.88. The lowest BCUT2D eigenvalue weighted by Gasteiger charge is -2.23. The Bertz CT molecular complexity index is 646. The number of hydrogen-bond acceptors (Lipinski definition) is 4. The Morgan fingerprint density at radius 3 is 2.91 bits per heavy atom. The van der Waals surface area contributed by atoms with E-state index in [0.29, 0.717) is 13.2 Å². The number of carbonyl (C=O) groups is 1. The third-order valence-corrected chi connectivity index (χ3v) is 3.45. The van der Waals surface area contributed by atoms with E-state index in [1.54, 1.807) is 6.20 Å². The smallest absolute Gasteiger partial charge is 0.254 e. The number of fused-ring (bicyclic) bond motifs is 1. The Morgan fingerprint density at radius 1 is 1.36 bits per heavy atom. The van der Waals surface area contributed by atoms with E-state index < -0.39 is 6.10 Å². The molecule has 1 saturated heterocycles. The van der Waals surface area contributed by atoms with E-state index in [4.69, 9.17) is 4.74 Å². The minimum absolute atomic E-state index is 0. The van der Waals surface area contributed by atoms with Gasteiger partial charge >= 0.3 is 0 Å². The lowest BCUT2D eigenvalue weighted by atomic mass is 10.1. The van der Waals surface area contributed by atoms with Gasteiger partial charge < -0.3 is 15.4 Å². The van der Waals surface area contributed by atoms with Gasteiger partial charge in [-0.05, 0) is 30.7 Å². The molecule has 1 fully saturated rings. The van der Waals surface area contributed by atoms with Crippen LogP contribution in [0.1, 0.15) is 5.56 Å². The Labute approximate surface area is 141 Å². The van der Waals surface area contributed by atoms with Crippen LogP contribution in [0.25, 0.3) is 10.9 Å². The SMILES string of the molecule is Cc1ccc(NC(=O)[C@H]2CNCCO2)c2cccnc12.Cl.Cl. The number of rotatable bonds is 2. The van der Waals surface area contributed by atoms with Crippen molar-refractivity contribution < 1.29 is 9.53 Å². The molecule has 0 aliphatic carbocycles. The van der Waals surface area contributed by atoms with Crippen molar-refractivity contribution in [3.63, 3.8) is 0 Å². The number of morpholine rings is 1. The Kier molecular flexibility index (Phi) is 7.03. The predicted molar refractivity (Wildman–Crippen MR) is 92.2 cm³/mol. The first kappa shape index (κ1) is 18.6. The second kappa shape index (κ2) is 8.29. The number of hydrogen-bond donors (Lipinski definition) is 2. The minimum Gasteiger partial charge on any atom is -0.366 e. The van der Waals surface area contributed by atoms with Crippen molar-refractivity contribution in [2.75, 3.05) is 25.0 Å². The fraction of sp³-hybridized carbons (Fsp3) is 0.333. The highest BCUT2D eigenvalue weighted by Crippen LogP contribution is 2.24. The maximum absolute atomic E-state index is 12.2. The number of aryl methyl sites for hydroxylation is 1. The Balaban J connectivity index is 0.00000121. The summed E-state index contributed by atoms with van der Waals surface area (Å²) in [5.41, 5.74) is 2.78. The molecule has 0 spiro atoms. The van der Waals surface area contributed by atoms with Crippen LogP contribution in [-0.2, 0) is 9.53 Å². The topological polar surface area (TPSA) is 63.2 Å². The molecule has 1 atom stereocenters. The van der Waals surface area contributed by atoms with Gasteiger partial charge in [0.1, 0.15) is 6.10 Å². The fourth-order valence-electron chi connectivity index (χ4n) is 2.37. The molecule has 5 nitrogen and oxygen atoms in total. The van der Waals surface area contributed by atoms with Gasteiger partial charge in [-0.1, -0.05) is 6.07 Å². The van der Waals surface area contributed by atoms with Gasteiger partial charge in [-0.2, -0.15) is 0 Å². The normalized spacial score (nSPS) is 17.2. The maximum atomic E-state index is 12.2. The van der Waals surface area contributed by atoms with E-state index in [-0.39, 0.29) is 30.7 Å². The molecule has 7 heteroatoms. The first-order chi connectivity index (χ1) is 9.75. The molecule has 2 aromatic rings. The first-order valence-electron chi connectivity index (χ1n) is 6.73. The number of halogens is 2. The first-order valence-corrected chi connectivity index (χ1v) is 6.73. The van der Waals surface area contributed by atoms with Gasteiger partial charge in [0.15, 0.2) is 0 Å². The highest BCUT2D eigenvalue weighted by Gasteiger charge is 2.22. The summed E-state index contributed by atoms with van der Waals surface area (Å²) in [5.74, 6) is -0.119. The summed E-state index contributed by atoms with van der Waals surface area (Å²) in [6, 6.07) is 7.71. The largest absolute Gasteiger partial charge is 0.366 e. The zero-order chi connectivity index (χ0) is 13.9. The van der Waals surface area contributed by atoms with Gasteiger partial charge in [0, 0.05) is 24.7 Å². The van der Waals surface area contributed by atoms with Gasteiger partial charge in [0.25, 0.3) is 5.91 Å². The number of pyridine rings is 1. The summed E-state index contributed by atoms with van der Waals surface area (Å²) in [5, 5.41) is 7.04. The molecular formula is C15H19Cl2N3O2. The van der Waals surface area contributed by atoms with Crippen molar-refractivity contribution in [1.82, 2.24) is 10.3 Å². The molecule has 2 N–H and O–H groups in total. The second-order valence-electron chi connectivity index (χ2n) is 4.88. The molecule has 1 aromatic carbocycles. The summed E-state index contributed by atoms with van der Waals surface area (Å²) in [6.07, 6.45) is 1.33. The molecule has 0 radical (unpaired) electrons. The van der Waals surface area contributed by atoms with E-state index in [0.717, 1.165) is 28.7 Å². The van der Waals surface area contributed by atoms with Gasteiger partial charge in [0.2, 0.25) is 0 Å². The zero-order valence-electron chi connectivity index (χ0n) is 12.2. The predicted octanol–water partition coefficient (Wildman–Crippen LogP) is 2.31. The van der Waals surface area contributed by atoms with Gasteiger partial charge in [-0.3, -0.25) is 9.78 Å². The molecule has 2 heterocycles. The van der Waals surface area contributed by atoms with Crippen LogP contribution in [0.4, 0.5) is 5.69 Å². The van der Waals surface area contributed by atoms with E-state index in [1.165, 1.54) is 0 Å². The fourth-order valence-corrected chi connectivity index (χ4v) is 2.37. The van der Waals surface area contributed by atoms with Crippen molar-refractivity contribution >= 4 is 47.3 Å². The average molecular weight is 344 g/mol. The van der Waals surface area contributed by atoms with Crippen LogP contribution in [0, 0.1) is 6.92 Å². The van der Waals surface area contributed by atoms with Crippen molar-refractivity contribution in [2.45, 2.75) is 13.0 Å². The quantitative estimate of drug-likeness (QED) is 0.878. The summed E-state index contributed by atoms with van der Waals surface area (Å²) < 4.78 is 5.46. The molecule has 1 aromatic heterocycles. The van der Waals surface area contributed by atoms with Crippen LogP contribution in [0.5, 0.6) is 0 Å². The summed E-state index contributed by atoms with van der Waals surface area (Å²) in [4.78, 5) is 16.6. The van der Waals surface area contributed by atoms with Crippen molar-refractivity contribution in [3.8, 4) is 0 Å². The highest BCUT2D eigenvalue weighted by atomic mass is 35.5. The Morgan fingerprint density at radius 2 is 2.18 bits per heavy atom. The van der Waals surface area contributed by atoms with Crippen LogP contribution in [0.15, 0.2) is 30.5 Å². The molecule has 1 aliphatic rings. The van der Waals surface area contributed by atoms with Gasteiger partial charge in [-0.15, -0.1) is 24.8 Å². The monoisotopic (exact) mass is 343 g/mol. The molecular weight excluding hydrogens is 325 g/mol. The highest BCUT2D eigenvalue weighted by molar-refractivity contribution is 6.03. The summed E-state index contributed by atoms with van der Waals surface area (Å²) in [6.45, 7) is 3.92. The molecule has 0 unspecified atom stereocenters. The molecule has 1 aliphatic heterocycles. The third kappa shape index (κ3) is 3.87.